The second-order valence-corrected chi connectivity index (χ2v) is 11.0. The van der Waals surface area contributed by atoms with Crippen LogP contribution in [0.2, 0.25) is 0 Å². The van der Waals surface area contributed by atoms with Gasteiger partial charge in [0.15, 0.2) is 22.2 Å². The molecule has 222 valence electrons. The number of rotatable bonds is 6. The monoisotopic (exact) mass is 614 g/mol. The summed E-state index contributed by atoms with van der Waals surface area (Å²) in [7, 11) is 2.62. The molecular weight excluding hydrogens is 592 g/mol. The van der Waals surface area contributed by atoms with Crippen molar-refractivity contribution in [3.8, 4) is 17.2 Å². The molecule has 0 aliphatic carbocycles. The topological polar surface area (TPSA) is 88.4 Å². The Kier molecular flexibility index (Phi) is 6.99. The maximum Gasteiger partial charge on any atom is 0.317 e. The number of hydrogen-bond donors (Lipinski definition) is 0. The first-order valence-corrected chi connectivity index (χ1v) is 13.7. The average molecular weight is 615 g/mol. The van der Waals surface area contributed by atoms with Crippen LogP contribution in [0.4, 0.5) is 17.6 Å². The van der Waals surface area contributed by atoms with E-state index in [2.05, 4.69) is 4.99 Å². The molecule has 8 nitrogen and oxygen atoms in total. The number of aromatic nitrogens is 1. The molecule has 0 saturated heterocycles. The van der Waals surface area contributed by atoms with Crippen LogP contribution in [0.3, 0.4) is 0 Å². The van der Waals surface area contributed by atoms with Gasteiger partial charge in [0.25, 0.3) is 5.56 Å². The number of carbonyl (C=O) groups is 1. The van der Waals surface area contributed by atoms with Gasteiger partial charge in [0.1, 0.15) is 24.0 Å². The Morgan fingerprint density at radius 2 is 1.81 bits per heavy atom. The molecule has 3 unspecified atom stereocenters. The van der Waals surface area contributed by atoms with Crippen molar-refractivity contribution in [3.63, 3.8) is 0 Å². The van der Waals surface area contributed by atoms with Gasteiger partial charge in [0.05, 0.1) is 24.8 Å². The minimum absolute atomic E-state index is 0.0887. The van der Waals surface area contributed by atoms with Crippen LogP contribution in [-0.2, 0) is 16.1 Å². The molecule has 3 heterocycles. The number of hydrogen-bond acceptors (Lipinski definition) is 8. The highest BCUT2D eigenvalue weighted by molar-refractivity contribution is 7.07. The highest BCUT2D eigenvalue weighted by Gasteiger charge is 2.55. The van der Waals surface area contributed by atoms with E-state index in [1.165, 1.54) is 18.8 Å². The largest absolute Gasteiger partial charge is 0.496 e. The van der Waals surface area contributed by atoms with Crippen LogP contribution in [0, 0.1) is 29.2 Å². The molecule has 4 aromatic rings. The smallest absolute Gasteiger partial charge is 0.317 e. The second kappa shape index (κ2) is 10.6. The summed E-state index contributed by atoms with van der Waals surface area (Å²) in [5, 5.41) is 0. The molecule has 43 heavy (non-hydrogen) atoms. The van der Waals surface area contributed by atoms with Crippen molar-refractivity contribution in [3.05, 3.63) is 108 Å². The summed E-state index contributed by atoms with van der Waals surface area (Å²) in [5.74, 6) is -8.49. The number of methoxy groups -OCH3 is 2. The van der Waals surface area contributed by atoms with Crippen molar-refractivity contribution in [1.82, 2.24) is 4.57 Å². The fraction of sp³-hybridized carbons (Fsp3) is 0.233. The first kappa shape index (κ1) is 28.5. The molecule has 0 fully saturated rings. The van der Waals surface area contributed by atoms with Crippen LogP contribution in [0.25, 0.3) is 6.08 Å². The quantitative estimate of drug-likeness (QED) is 0.185. The Morgan fingerprint density at radius 1 is 1.09 bits per heavy atom. The number of carbonyl (C=O) groups excluding carboxylic acids is 1. The van der Waals surface area contributed by atoms with E-state index in [4.69, 9.17) is 18.9 Å². The van der Waals surface area contributed by atoms with Gasteiger partial charge in [-0.1, -0.05) is 35.6 Å². The third-order valence-corrected chi connectivity index (χ3v) is 8.36. The number of para-hydroxylation sites is 1. The van der Waals surface area contributed by atoms with Crippen LogP contribution >= 0.6 is 11.3 Å². The van der Waals surface area contributed by atoms with Crippen molar-refractivity contribution in [2.45, 2.75) is 25.3 Å². The first-order valence-electron chi connectivity index (χ1n) is 12.9. The highest BCUT2D eigenvalue weighted by atomic mass is 32.1. The van der Waals surface area contributed by atoms with E-state index in [9.17, 15) is 27.2 Å². The normalized spacial score (nSPS) is 20.4. The minimum Gasteiger partial charge on any atom is -0.496 e. The number of nitrogens with zero attached hydrogens (tertiary/aromatic N) is 2. The Morgan fingerprint density at radius 3 is 2.51 bits per heavy atom. The van der Waals surface area contributed by atoms with Gasteiger partial charge in [-0.15, -0.1) is 0 Å². The van der Waals surface area contributed by atoms with Gasteiger partial charge in [-0.25, -0.2) is 13.8 Å². The van der Waals surface area contributed by atoms with Gasteiger partial charge in [-0.05, 0) is 36.8 Å². The highest BCUT2D eigenvalue weighted by Crippen LogP contribution is 2.47. The van der Waals surface area contributed by atoms with Crippen molar-refractivity contribution in [2.75, 3.05) is 14.2 Å². The molecule has 0 spiro atoms. The number of benzene rings is 3. The zero-order valence-electron chi connectivity index (χ0n) is 22.8. The summed E-state index contributed by atoms with van der Waals surface area (Å²) in [5.41, 5.74) is -0.337. The van der Waals surface area contributed by atoms with E-state index in [1.54, 1.807) is 55.5 Å². The maximum absolute atomic E-state index is 14.1. The standard InChI is InChI=1S/C30H22F4N2O6S/c1-30-22(28(38)40-3)25(16-6-4-5-7-20(16)42-30)36-27(37)21(43-29(36)35-30)11-14-8-9-19(39-2)15(10-14)13-41-26-23(33)17(31)12-18(32)24(26)34/h4-12,22,25H,13H2,1-3H3/b21-11+. The number of thiazole rings is 1. The van der Waals surface area contributed by atoms with Crippen LogP contribution in [0.1, 0.15) is 29.7 Å². The summed E-state index contributed by atoms with van der Waals surface area (Å²) < 4.78 is 79.0. The lowest BCUT2D eigenvalue weighted by atomic mass is 9.81. The third kappa shape index (κ3) is 4.63. The molecule has 3 aromatic carbocycles. The summed E-state index contributed by atoms with van der Waals surface area (Å²) in [6, 6.07) is 11.2. The lowest BCUT2D eigenvalue weighted by Gasteiger charge is -2.44. The Hall–Kier alpha value is -4.65. The summed E-state index contributed by atoms with van der Waals surface area (Å²) in [6.07, 6.45) is 1.58. The summed E-state index contributed by atoms with van der Waals surface area (Å²) >= 11 is 1.09. The molecule has 1 aromatic heterocycles. The number of fused-ring (bicyclic) bond motifs is 6. The third-order valence-electron chi connectivity index (χ3n) is 7.38. The lowest BCUT2D eigenvalue weighted by molar-refractivity contribution is -0.158. The molecule has 2 aliphatic rings. The fourth-order valence-corrected chi connectivity index (χ4v) is 6.51. The molecule has 2 aliphatic heterocycles. The van der Waals surface area contributed by atoms with Gasteiger partial charge in [0.2, 0.25) is 17.4 Å². The Bertz CT molecular complexity index is 1950. The van der Waals surface area contributed by atoms with Crippen molar-refractivity contribution >= 4 is 23.4 Å². The lowest BCUT2D eigenvalue weighted by Crippen LogP contribution is -2.58. The Balaban J connectivity index is 1.43. The van der Waals surface area contributed by atoms with Gasteiger partial charge in [-0.3, -0.25) is 14.2 Å². The zero-order chi connectivity index (χ0) is 30.6. The van der Waals surface area contributed by atoms with E-state index in [-0.39, 0.29) is 21.9 Å². The number of ether oxygens (including phenoxy) is 4. The molecule has 0 amide bonds. The SMILES string of the molecule is COC(=O)C1C2c3ccccc3OC1(C)N=c1s/c(=C/c3ccc(OC)c(COc4c(F)c(F)cc(F)c4F)c3)c(=O)n12. The Labute approximate surface area is 245 Å². The zero-order valence-corrected chi connectivity index (χ0v) is 23.6. The predicted octanol–water partition coefficient (Wildman–Crippen LogP) is 4.00. The molecule has 0 radical (unpaired) electrons. The predicted molar refractivity (Wildman–Crippen MR) is 146 cm³/mol. The van der Waals surface area contributed by atoms with E-state index >= 15 is 0 Å². The molecule has 0 N–H and O–H groups in total. The van der Waals surface area contributed by atoms with Crippen LogP contribution in [0.15, 0.2) is 58.3 Å². The average Bonchev–Trinajstić information content (AvgIpc) is 3.28. The van der Waals surface area contributed by atoms with Gasteiger partial charge < -0.3 is 18.9 Å². The molecule has 2 bridgehead atoms. The van der Waals surface area contributed by atoms with E-state index in [0.717, 1.165) is 11.3 Å². The molecule has 3 atom stereocenters. The van der Waals surface area contributed by atoms with Gasteiger partial charge in [0, 0.05) is 17.2 Å². The van der Waals surface area contributed by atoms with Crippen LogP contribution in [0.5, 0.6) is 17.2 Å². The number of halogens is 4. The van der Waals surface area contributed by atoms with Gasteiger partial charge in [-0.2, -0.15) is 8.78 Å². The molecular formula is C30H22F4N2O6S. The number of esters is 1. The van der Waals surface area contributed by atoms with E-state index in [1.807, 2.05) is 0 Å². The fourth-order valence-electron chi connectivity index (χ4n) is 5.41. The van der Waals surface area contributed by atoms with Crippen LogP contribution < -0.4 is 29.1 Å². The molecule has 13 heteroatoms. The molecule has 6 rings (SSSR count). The molecule has 0 saturated carbocycles. The van der Waals surface area contributed by atoms with E-state index in [0.29, 0.717) is 21.7 Å². The van der Waals surface area contributed by atoms with Crippen molar-refractivity contribution in [1.29, 1.82) is 0 Å². The summed E-state index contributed by atoms with van der Waals surface area (Å²) in [6.45, 7) is 1.16. The minimum atomic E-state index is -1.67. The summed E-state index contributed by atoms with van der Waals surface area (Å²) in [4.78, 5) is 31.8. The van der Waals surface area contributed by atoms with E-state index < -0.39 is 64.8 Å². The maximum atomic E-state index is 14.1. The van der Waals surface area contributed by atoms with Gasteiger partial charge >= 0.3 is 5.97 Å². The first-order chi connectivity index (χ1) is 20.6. The van der Waals surface area contributed by atoms with Crippen molar-refractivity contribution < 1.29 is 41.3 Å². The second-order valence-electron chi connectivity index (χ2n) is 9.98. The van der Waals surface area contributed by atoms with Crippen LogP contribution in [-0.4, -0.2) is 30.5 Å². The van der Waals surface area contributed by atoms with Crippen molar-refractivity contribution in [2.24, 2.45) is 10.9 Å².